The van der Waals surface area contributed by atoms with Crippen LogP contribution in [0.3, 0.4) is 0 Å². The van der Waals surface area contributed by atoms with Crippen LogP contribution in [0.1, 0.15) is 12.2 Å². The van der Waals surface area contributed by atoms with Gasteiger partial charge in [0, 0.05) is 18.0 Å². The van der Waals surface area contributed by atoms with E-state index in [0.717, 1.165) is 5.76 Å². The van der Waals surface area contributed by atoms with Crippen molar-refractivity contribution in [2.45, 2.75) is 17.7 Å². The summed E-state index contributed by atoms with van der Waals surface area (Å²) in [6, 6.07) is 9.76. The van der Waals surface area contributed by atoms with Crippen LogP contribution in [0.2, 0.25) is 5.02 Å². The van der Waals surface area contributed by atoms with Gasteiger partial charge in [-0.1, -0.05) is 11.6 Å². The van der Waals surface area contributed by atoms with Gasteiger partial charge in [-0.05, 0) is 42.8 Å². The lowest BCUT2D eigenvalue weighted by molar-refractivity contribution is 0.500. The zero-order valence-corrected chi connectivity index (χ0v) is 11.7. The quantitative estimate of drug-likeness (QED) is 0.834. The van der Waals surface area contributed by atoms with E-state index in [-0.39, 0.29) is 4.90 Å². The first kappa shape index (κ1) is 14.1. The molecule has 0 bridgehead atoms. The molecule has 0 aliphatic rings. The van der Waals surface area contributed by atoms with Crippen LogP contribution < -0.4 is 4.72 Å². The Bertz CT molecular complexity index is 606. The standard InChI is InChI=1S/C13H14ClNO3S/c14-11-5-7-13(8-6-11)19(16,17)15-9-1-3-12-4-2-10-18-12/h2,4-8,10,15H,1,3,9H2. The van der Waals surface area contributed by atoms with Crippen LogP contribution in [-0.4, -0.2) is 15.0 Å². The summed E-state index contributed by atoms with van der Waals surface area (Å²) in [4.78, 5) is 0.217. The summed E-state index contributed by atoms with van der Waals surface area (Å²) in [5, 5.41) is 0.511. The predicted octanol–water partition coefficient (Wildman–Crippen LogP) is 2.84. The van der Waals surface area contributed by atoms with Gasteiger partial charge in [-0.25, -0.2) is 13.1 Å². The van der Waals surface area contributed by atoms with Gasteiger partial charge in [-0.2, -0.15) is 0 Å². The van der Waals surface area contributed by atoms with E-state index < -0.39 is 10.0 Å². The molecule has 6 heteroatoms. The molecule has 1 heterocycles. The van der Waals surface area contributed by atoms with Gasteiger partial charge in [0.25, 0.3) is 0 Å². The molecule has 1 aromatic carbocycles. The van der Waals surface area contributed by atoms with Crippen LogP contribution in [0.25, 0.3) is 0 Å². The minimum Gasteiger partial charge on any atom is -0.469 e. The molecule has 0 atom stereocenters. The van der Waals surface area contributed by atoms with Crippen molar-refractivity contribution in [1.29, 1.82) is 0 Å². The summed E-state index contributed by atoms with van der Waals surface area (Å²) in [6.07, 6.45) is 2.99. The fraction of sp³-hybridized carbons (Fsp3) is 0.231. The maximum Gasteiger partial charge on any atom is 0.240 e. The highest BCUT2D eigenvalue weighted by Crippen LogP contribution is 2.13. The van der Waals surface area contributed by atoms with Gasteiger partial charge in [-0.3, -0.25) is 0 Å². The van der Waals surface area contributed by atoms with E-state index >= 15 is 0 Å². The van der Waals surface area contributed by atoms with Gasteiger partial charge in [-0.15, -0.1) is 0 Å². The third-order valence-corrected chi connectivity index (χ3v) is 4.32. The topological polar surface area (TPSA) is 59.3 Å². The number of nitrogens with one attached hydrogen (secondary N) is 1. The van der Waals surface area contributed by atoms with Crippen molar-refractivity contribution >= 4 is 21.6 Å². The van der Waals surface area contributed by atoms with E-state index in [4.69, 9.17) is 16.0 Å². The minimum atomic E-state index is -3.46. The van der Waals surface area contributed by atoms with E-state index in [1.807, 2.05) is 12.1 Å². The number of hydrogen-bond acceptors (Lipinski definition) is 3. The van der Waals surface area contributed by atoms with E-state index in [9.17, 15) is 8.42 Å². The first-order valence-electron chi connectivity index (χ1n) is 5.85. The van der Waals surface area contributed by atoms with E-state index in [1.54, 1.807) is 18.4 Å². The molecule has 2 aromatic rings. The summed E-state index contributed by atoms with van der Waals surface area (Å²) in [6.45, 7) is 0.367. The Balaban J connectivity index is 1.86. The zero-order valence-electron chi connectivity index (χ0n) is 10.2. The lowest BCUT2D eigenvalue weighted by atomic mass is 10.2. The van der Waals surface area contributed by atoms with Crippen molar-refractivity contribution in [3.05, 3.63) is 53.4 Å². The van der Waals surface area contributed by atoms with Crippen molar-refractivity contribution in [3.63, 3.8) is 0 Å². The van der Waals surface area contributed by atoms with Crippen LogP contribution in [0, 0.1) is 0 Å². The maximum atomic E-state index is 11.9. The van der Waals surface area contributed by atoms with Crippen molar-refractivity contribution in [1.82, 2.24) is 4.72 Å². The van der Waals surface area contributed by atoms with Gasteiger partial charge in [0.05, 0.1) is 11.2 Å². The second kappa shape index (κ2) is 6.23. The predicted molar refractivity (Wildman–Crippen MR) is 73.7 cm³/mol. The van der Waals surface area contributed by atoms with Crippen LogP contribution in [0.15, 0.2) is 52.0 Å². The number of furan rings is 1. The molecular weight excluding hydrogens is 286 g/mol. The molecule has 0 unspecified atom stereocenters. The summed E-state index contributed by atoms with van der Waals surface area (Å²) in [7, 11) is -3.46. The second-order valence-electron chi connectivity index (χ2n) is 4.03. The molecule has 19 heavy (non-hydrogen) atoms. The number of rotatable bonds is 6. The van der Waals surface area contributed by atoms with Crippen LogP contribution in [0.4, 0.5) is 0 Å². The third kappa shape index (κ3) is 4.09. The van der Waals surface area contributed by atoms with E-state index in [1.165, 1.54) is 12.1 Å². The molecule has 4 nitrogen and oxygen atoms in total. The van der Waals surface area contributed by atoms with Crippen molar-refractivity contribution in [2.75, 3.05) is 6.54 Å². The Morgan fingerprint density at radius 1 is 1.16 bits per heavy atom. The number of benzene rings is 1. The largest absolute Gasteiger partial charge is 0.469 e. The number of aryl methyl sites for hydroxylation is 1. The monoisotopic (exact) mass is 299 g/mol. The molecular formula is C13H14ClNO3S. The summed E-state index contributed by atoms with van der Waals surface area (Å²) >= 11 is 5.72. The van der Waals surface area contributed by atoms with Crippen LogP contribution >= 0.6 is 11.6 Å². The zero-order chi connectivity index (χ0) is 13.7. The Kier molecular flexibility index (Phi) is 4.63. The molecule has 0 aliphatic carbocycles. The highest BCUT2D eigenvalue weighted by molar-refractivity contribution is 7.89. The SMILES string of the molecule is O=S(=O)(NCCCc1ccco1)c1ccc(Cl)cc1. The molecule has 0 saturated heterocycles. The molecule has 0 fully saturated rings. The highest BCUT2D eigenvalue weighted by Gasteiger charge is 2.12. The summed E-state index contributed by atoms with van der Waals surface area (Å²) in [5.41, 5.74) is 0. The first-order valence-corrected chi connectivity index (χ1v) is 7.72. The first-order chi connectivity index (χ1) is 9.08. The van der Waals surface area contributed by atoms with Gasteiger partial charge in [0.15, 0.2) is 0 Å². The fourth-order valence-corrected chi connectivity index (χ4v) is 2.82. The van der Waals surface area contributed by atoms with Crippen LogP contribution in [0.5, 0.6) is 0 Å². The molecule has 2 rings (SSSR count). The Hall–Kier alpha value is -1.30. The number of hydrogen-bond donors (Lipinski definition) is 1. The third-order valence-electron chi connectivity index (χ3n) is 2.60. The van der Waals surface area contributed by atoms with Gasteiger partial charge in [0.1, 0.15) is 5.76 Å². The van der Waals surface area contributed by atoms with Crippen LogP contribution in [-0.2, 0) is 16.4 Å². The lowest BCUT2D eigenvalue weighted by Gasteiger charge is -2.06. The highest BCUT2D eigenvalue weighted by atomic mass is 35.5. The van der Waals surface area contributed by atoms with E-state index in [0.29, 0.717) is 24.4 Å². The fourth-order valence-electron chi connectivity index (χ4n) is 1.62. The maximum absolute atomic E-state index is 11.9. The molecule has 0 aliphatic heterocycles. The second-order valence-corrected chi connectivity index (χ2v) is 6.24. The summed E-state index contributed by atoms with van der Waals surface area (Å²) in [5.74, 6) is 0.852. The smallest absolute Gasteiger partial charge is 0.240 e. The molecule has 0 amide bonds. The molecule has 1 aromatic heterocycles. The Labute approximate surface area is 117 Å². The minimum absolute atomic E-state index is 0.217. The number of halogens is 1. The summed E-state index contributed by atoms with van der Waals surface area (Å²) < 4.78 is 31.6. The van der Waals surface area contributed by atoms with Gasteiger partial charge < -0.3 is 4.42 Å². The molecule has 0 radical (unpaired) electrons. The van der Waals surface area contributed by atoms with E-state index in [2.05, 4.69) is 4.72 Å². The molecule has 1 N–H and O–H groups in total. The van der Waals surface area contributed by atoms with Gasteiger partial charge >= 0.3 is 0 Å². The molecule has 0 spiro atoms. The Morgan fingerprint density at radius 3 is 2.53 bits per heavy atom. The van der Waals surface area contributed by atoms with Gasteiger partial charge in [0.2, 0.25) is 10.0 Å². The lowest BCUT2D eigenvalue weighted by Crippen LogP contribution is -2.25. The molecule has 102 valence electrons. The average molecular weight is 300 g/mol. The average Bonchev–Trinajstić information content (AvgIpc) is 2.88. The van der Waals surface area contributed by atoms with Crippen molar-refractivity contribution in [2.24, 2.45) is 0 Å². The van der Waals surface area contributed by atoms with Crippen molar-refractivity contribution in [3.8, 4) is 0 Å². The van der Waals surface area contributed by atoms with Crippen molar-refractivity contribution < 1.29 is 12.8 Å². The molecule has 0 saturated carbocycles. The normalized spacial score (nSPS) is 11.6. The Morgan fingerprint density at radius 2 is 1.89 bits per heavy atom. The number of sulfonamides is 1.